The fraction of sp³-hybridized carbons (Fsp3) is 0.619. The summed E-state index contributed by atoms with van der Waals surface area (Å²) in [5.74, 6) is 1.90. The van der Waals surface area contributed by atoms with E-state index in [1.165, 1.54) is 0 Å². The van der Waals surface area contributed by atoms with Crippen molar-refractivity contribution in [2.24, 2.45) is 10.9 Å². The number of guanidine groups is 1. The summed E-state index contributed by atoms with van der Waals surface area (Å²) in [6.07, 6.45) is 1.64. The molecule has 1 unspecified atom stereocenters. The average Bonchev–Trinajstić information content (AvgIpc) is 2.76. The van der Waals surface area contributed by atoms with E-state index in [1.807, 2.05) is 36.1 Å². The molecule has 9 heteroatoms. The molecule has 2 heterocycles. The molecule has 1 atom stereocenters. The molecule has 2 fully saturated rings. The lowest BCUT2D eigenvalue weighted by Gasteiger charge is -2.37. The number of para-hydroxylation sites is 1. The molecule has 0 aliphatic carbocycles. The molecule has 0 saturated carbocycles. The number of ether oxygens (including phenoxy) is 2. The van der Waals surface area contributed by atoms with Gasteiger partial charge in [-0.25, -0.2) is 0 Å². The first kappa shape index (κ1) is 25.0. The van der Waals surface area contributed by atoms with Crippen molar-refractivity contribution in [3.05, 3.63) is 29.3 Å². The molecule has 1 amide bonds. The molecule has 2 aliphatic rings. The summed E-state index contributed by atoms with van der Waals surface area (Å²) in [6, 6.07) is 7.47. The summed E-state index contributed by atoms with van der Waals surface area (Å²) < 4.78 is 11.3. The smallest absolute Gasteiger partial charge is 0.225 e. The Morgan fingerprint density at radius 2 is 1.90 bits per heavy atom. The van der Waals surface area contributed by atoms with Crippen LogP contribution in [0.2, 0.25) is 5.02 Å². The lowest BCUT2D eigenvalue weighted by molar-refractivity contribution is -0.140. The van der Waals surface area contributed by atoms with Crippen LogP contribution in [0, 0.1) is 5.92 Å². The summed E-state index contributed by atoms with van der Waals surface area (Å²) in [5.41, 5.74) is 0. The minimum Gasteiger partial charge on any atom is -0.487 e. The molecule has 1 aromatic carbocycles. The van der Waals surface area contributed by atoms with Crippen molar-refractivity contribution in [2.45, 2.75) is 25.9 Å². The van der Waals surface area contributed by atoms with Crippen molar-refractivity contribution in [2.75, 3.05) is 53.0 Å². The Morgan fingerprint density at radius 1 is 1.23 bits per heavy atom. The third kappa shape index (κ3) is 6.88. The van der Waals surface area contributed by atoms with Gasteiger partial charge in [-0.05, 0) is 31.9 Å². The van der Waals surface area contributed by atoms with Gasteiger partial charge in [-0.2, -0.15) is 0 Å². The Bertz CT molecular complexity index is 707. The largest absolute Gasteiger partial charge is 0.487 e. The van der Waals surface area contributed by atoms with Crippen molar-refractivity contribution in [3.63, 3.8) is 0 Å². The summed E-state index contributed by atoms with van der Waals surface area (Å²) >= 11 is 6.16. The Labute approximate surface area is 201 Å². The minimum absolute atomic E-state index is 0. The van der Waals surface area contributed by atoms with Crippen molar-refractivity contribution < 1.29 is 14.3 Å². The zero-order chi connectivity index (χ0) is 20.6. The Morgan fingerprint density at radius 3 is 2.53 bits per heavy atom. The number of hydrogen-bond donors (Lipinski definition) is 1. The SMILES string of the molecule is CN=C(NCC(C)Oc1ccccc1Cl)N1CCC(C(=O)N2CCOCC2)CC1.I. The van der Waals surface area contributed by atoms with E-state index >= 15 is 0 Å². The van der Waals surface area contributed by atoms with E-state index in [0.717, 1.165) is 31.9 Å². The standard InChI is InChI=1S/C21H31ClN4O3.HI/c1-16(29-19-6-4-3-5-18(19)22)15-24-21(23-2)26-9-7-17(8-10-26)20(27)25-11-13-28-14-12-25;/h3-6,16-17H,7-15H2,1-2H3,(H,23,24);1H. The first-order chi connectivity index (χ1) is 14.1. The third-order valence-electron chi connectivity index (χ3n) is 5.39. The second kappa shape index (κ2) is 12.6. The molecule has 3 rings (SSSR count). The number of carbonyl (C=O) groups excluding carboxylic acids is 1. The van der Waals surface area contributed by atoms with E-state index in [9.17, 15) is 4.79 Å². The van der Waals surface area contributed by atoms with Crippen molar-refractivity contribution >= 4 is 47.4 Å². The van der Waals surface area contributed by atoms with Crippen LogP contribution in [0.3, 0.4) is 0 Å². The highest BCUT2D eigenvalue weighted by Crippen LogP contribution is 2.24. The molecule has 0 bridgehead atoms. The second-order valence-electron chi connectivity index (χ2n) is 7.49. The number of hydrogen-bond acceptors (Lipinski definition) is 4. The van der Waals surface area contributed by atoms with Gasteiger partial charge in [-0.3, -0.25) is 9.79 Å². The lowest BCUT2D eigenvalue weighted by atomic mass is 9.95. The van der Waals surface area contributed by atoms with Gasteiger partial charge >= 0.3 is 0 Å². The molecule has 1 N–H and O–H groups in total. The van der Waals surface area contributed by atoms with Crippen LogP contribution in [-0.2, 0) is 9.53 Å². The van der Waals surface area contributed by atoms with Crippen LogP contribution in [0.5, 0.6) is 5.75 Å². The van der Waals surface area contributed by atoms with Gasteiger partial charge < -0.3 is 24.6 Å². The normalized spacial score (nSPS) is 19.1. The van der Waals surface area contributed by atoms with E-state index in [4.69, 9.17) is 21.1 Å². The first-order valence-corrected chi connectivity index (χ1v) is 10.7. The molecular weight excluding hydrogens is 519 g/mol. The van der Waals surface area contributed by atoms with Crippen LogP contribution in [0.25, 0.3) is 0 Å². The number of benzene rings is 1. The van der Waals surface area contributed by atoms with Gasteiger partial charge in [0.2, 0.25) is 5.91 Å². The average molecular weight is 551 g/mol. The van der Waals surface area contributed by atoms with Gasteiger partial charge in [-0.1, -0.05) is 23.7 Å². The maximum absolute atomic E-state index is 12.7. The number of nitrogens with zero attached hydrogens (tertiary/aromatic N) is 3. The fourth-order valence-electron chi connectivity index (χ4n) is 3.75. The topological polar surface area (TPSA) is 66.4 Å². The number of rotatable bonds is 5. The highest BCUT2D eigenvalue weighted by atomic mass is 127. The van der Waals surface area contributed by atoms with Gasteiger partial charge in [0, 0.05) is 39.1 Å². The van der Waals surface area contributed by atoms with E-state index in [0.29, 0.717) is 43.6 Å². The summed E-state index contributed by atoms with van der Waals surface area (Å²) in [5, 5.41) is 3.99. The predicted molar refractivity (Wildman–Crippen MR) is 130 cm³/mol. The van der Waals surface area contributed by atoms with Gasteiger partial charge in [0.05, 0.1) is 24.8 Å². The Hall–Kier alpha value is -1.26. The van der Waals surface area contributed by atoms with Gasteiger partial charge in [0.1, 0.15) is 11.9 Å². The maximum Gasteiger partial charge on any atom is 0.225 e. The number of halogens is 2. The number of piperidine rings is 1. The quantitative estimate of drug-likeness (QED) is 0.347. The van der Waals surface area contributed by atoms with Crippen LogP contribution in [-0.4, -0.2) is 80.8 Å². The Kier molecular flexibility index (Phi) is 10.5. The van der Waals surface area contributed by atoms with E-state index in [1.54, 1.807) is 7.05 Å². The fourth-order valence-corrected chi connectivity index (χ4v) is 3.93. The molecular formula is C21H32ClIN4O3. The number of likely N-dealkylation sites (tertiary alicyclic amines) is 1. The molecule has 168 valence electrons. The number of carbonyl (C=O) groups is 1. The Balaban J connectivity index is 0.00000320. The van der Waals surface area contributed by atoms with Crippen molar-refractivity contribution in [1.29, 1.82) is 0 Å². The van der Waals surface area contributed by atoms with E-state index < -0.39 is 0 Å². The maximum atomic E-state index is 12.7. The van der Waals surface area contributed by atoms with E-state index in [-0.39, 0.29) is 41.9 Å². The molecule has 2 saturated heterocycles. The van der Waals surface area contributed by atoms with Crippen LogP contribution in [0.1, 0.15) is 19.8 Å². The van der Waals surface area contributed by atoms with Crippen LogP contribution in [0.4, 0.5) is 0 Å². The van der Waals surface area contributed by atoms with E-state index in [2.05, 4.69) is 15.2 Å². The van der Waals surface area contributed by atoms with Gasteiger partial charge in [0.15, 0.2) is 5.96 Å². The van der Waals surface area contributed by atoms with Gasteiger partial charge in [0.25, 0.3) is 0 Å². The second-order valence-corrected chi connectivity index (χ2v) is 7.89. The summed E-state index contributed by atoms with van der Waals surface area (Å²) in [6.45, 7) is 6.98. The minimum atomic E-state index is -0.0629. The zero-order valence-corrected chi connectivity index (χ0v) is 20.8. The highest BCUT2D eigenvalue weighted by molar-refractivity contribution is 14.0. The molecule has 2 aliphatic heterocycles. The number of nitrogens with one attached hydrogen (secondary N) is 1. The zero-order valence-electron chi connectivity index (χ0n) is 17.7. The van der Waals surface area contributed by atoms with Crippen molar-refractivity contribution in [1.82, 2.24) is 15.1 Å². The molecule has 1 aromatic rings. The molecule has 0 radical (unpaired) electrons. The molecule has 7 nitrogen and oxygen atoms in total. The van der Waals surface area contributed by atoms with Crippen LogP contribution < -0.4 is 10.1 Å². The van der Waals surface area contributed by atoms with Crippen molar-refractivity contribution in [3.8, 4) is 5.75 Å². The summed E-state index contributed by atoms with van der Waals surface area (Å²) in [4.78, 5) is 21.3. The summed E-state index contributed by atoms with van der Waals surface area (Å²) in [7, 11) is 1.78. The molecule has 30 heavy (non-hydrogen) atoms. The predicted octanol–water partition coefficient (Wildman–Crippen LogP) is 2.87. The third-order valence-corrected chi connectivity index (χ3v) is 5.70. The first-order valence-electron chi connectivity index (χ1n) is 10.3. The van der Waals surface area contributed by atoms with Gasteiger partial charge in [-0.15, -0.1) is 24.0 Å². The van der Waals surface area contributed by atoms with Crippen LogP contribution >= 0.6 is 35.6 Å². The monoisotopic (exact) mass is 550 g/mol. The lowest BCUT2D eigenvalue weighted by Crippen LogP contribution is -2.50. The number of aliphatic imine (C=N–C) groups is 1. The molecule has 0 aromatic heterocycles. The molecule has 0 spiro atoms. The number of morpholine rings is 1. The van der Waals surface area contributed by atoms with Crippen LogP contribution in [0.15, 0.2) is 29.3 Å². The number of amides is 1. The highest BCUT2D eigenvalue weighted by Gasteiger charge is 2.30.